The van der Waals surface area contributed by atoms with E-state index in [1.54, 1.807) is 25.1 Å². The zero-order chi connectivity index (χ0) is 12.7. The highest BCUT2D eigenvalue weighted by Crippen LogP contribution is 2.09. The summed E-state index contributed by atoms with van der Waals surface area (Å²) >= 11 is 0. The molecule has 1 aromatic heterocycles. The number of methoxy groups -OCH3 is 1. The first kappa shape index (κ1) is 13.2. The highest BCUT2D eigenvalue weighted by Gasteiger charge is 2.08. The normalized spacial score (nSPS) is 10.0. The van der Waals surface area contributed by atoms with Crippen LogP contribution in [0.1, 0.15) is 0 Å². The van der Waals surface area contributed by atoms with E-state index in [4.69, 9.17) is 10.5 Å². The summed E-state index contributed by atoms with van der Waals surface area (Å²) in [6, 6.07) is 1.61. The molecule has 7 heteroatoms. The number of carbonyl (C=O) groups is 1. The van der Waals surface area contributed by atoms with Crippen molar-refractivity contribution in [1.82, 2.24) is 15.3 Å². The second kappa shape index (κ2) is 6.64. The predicted molar refractivity (Wildman–Crippen MR) is 64.6 cm³/mol. The van der Waals surface area contributed by atoms with Gasteiger partial charge >= 0.3 is 0 Å². The molecule has 17 heavy (non-hydrogen) atoms. The van der Waals surface area contributed by atoms with Crippen LogP contribution in [-0.4, -0.2) is 49.7 Å². The van der Waals surface area contributed by atoms with Crippen LogP contribution in [0.4, 0.5) is 11.6 Å². The number of hydrogen-bond donors (Lipinski definition) is 2. The molecule has 0 bridgehead atoms. The van der Waals surface area contributed by atoms with E-state index in [1.165, 1.54) is 6.33 Å². The van der Waals surface area contributed by atoms with Crippen molar-refractivity contribution in [2.45, 2.75) is 0 Å². The Morgan fingerprint density at radius 1 is 1.59 bits per heavy atom. The van der Waals surface area contributed by atoms with E-state index in [0.29, 0.717) is 24.8 Å². The van der Waals surface area contributed by atoms with Crippen molar-refractivity contribution in [3.63, 3.8) is 0 Å². The van der Waals surface area contributed by atoms with E-state index < -0.39 is 0 Å². The van der Waals surface area contributed by atoms with Crippen molar-refractivity contribution >= 4 is 17.5 Å². The molecule has 1 aromatic rings. The Balaban J connectivity index is 2.43. The van der Waals surface area contributed by atoms with Gasteiger partial charge in [-0.05, 0) is 0 Å². The molecule has 0 radical (unpaired) electrons. The molecule has 0 saturated carbocycles. The van der Waals surface area contributed by atoms with Gasteiger partial charge in [-0.3, -0.25) is 4.79 Å². The zero-order valence-corrected chi connectivity index (χ0v) is 10.0. The largest absolute Gasteiger partial charge is 0.384 e. The Labute approximate surface area is 100.0 Å². The molecular weight excluding hydrogens is 222 g/mol. The number of likely N-dealkylation sites (N-methyl/N-ethyl adjacent to an activating group) is 1. The number of nitrogens with one attached hydrogen (secondary N) is 1. The van der Waals surface area contributed by atoms with Gasteiger partial charge in [0.1, 0.15) is 18.0 Å². The van der Waals surface area contributed by atoms with Gasteiger partial charge in [0, 0.05) is 26.8 Å². The van der Waals surface area contributed by atoms with Crippen LogP contribution in [0.5, 0.6) is 0 Å². The molecule has 0 fully saturated rings. The summed E-state index contributed by atoms with van der Waals surface area (Å²) in [6.45, 7) is 1.20. The van der Waals surface area contributed by atoms with E-state index >= 15 is 0 Å². The number of anilines is 2. The molecule has 94 valence electrons. The van der Waals surface area contributed by atoms with Crippen molar-refractivity contribution < 1.29 is 9.53 Å². The third-order valence-corrected chi connectivity index (χ3v) is 2.07. The van der Waals surface area contributed by atoms with Crippen LogP contribution < -0.4 is 16.0 Å². The Kier molecular flexibility index (Phi) is 5.15. The summed E-state index contributed by atoms with van der Waals surface area (Å²) in [6.07, 6.45) is 1.37. The Bertz CT molecular complexity index is 371. The molecule has 0 aromatic carbocycles. The number of nitrogen functional groups attached to an aromatic ring is 1. The lowest BCUT2D eigenvalue weighted by Crippen LogP contribution is -2.37. The maximum atomic E-state index is 11.5. The molecule has 3 N–H and O–H groups in total. The van der Waals surface area contributed by atoms with E-state index in [2.05, 4.69) is 15.3 Å². The molecule has 1 rings (SSSR count). The van der Waals surface area contributed by atoms with Gasteiger partial charge in [0.2, 0.25) is 5.91 Å². The summed E-state index contributed by atoms with van der Waals surface area (Å²) in [5.74, 6) is 0.891. The predicted octanol–water partition coefficient (Wildman–Crippen LogP) is -0.742. The summed E-state index contributed by atoms with van der Waals surface area (Å²) in [5.41, 5.74) is 5.53. The highest BCUT2D eigenvalue weighted by atomic mass is 16.5. The summed E-state index contributed by atoms with van der Waals surface area (Å²) < 4.78 is 4.83. The van der Waals surface area contributed by atoms with Crippen LogP contribution in [0.3, 0.4) is 0 Å². The molecule has 0 saturated heterocycles. The summed E-state index contributed by atoms with van der Waals surface area (Å²) in [4.78, 5) is 21.0. The maximum absolute atomic E-state index is 11.5. The molecule has 0 spiro atoms. The van der Waals surface area contributed by atoms with Gasteiger partial charge in [-0.1, -0.05) is 0 Å². The maximum Gasteiger partial charge on any atom is 0.239 e. The van der Waals surface area contributed by atoms with Gasteiger partial charge in [0.05, 0.1) is 13.2 Å². The number of amides is 1. The fourth-order valence-electron chi connectivity index (χ4n) is 1.22. The quantitative estimate of drug-likeness (QED) is 0.635. The molecule has 0 aliphatic carbocycles. The third kappa shape index (κ3) is 4.64. The molecule has 0 unspecified atom stereocenters. The first-order chi connectivity index (χ1) is 8.13. The number of ether oxygens (including phenoxy) is 1. The second-order valence-electron chi connectivity index (χ2n) is 3.50. The van der Waals surface area contributed by atoms with Gasteiger partial charge in [-0.2, -0.15) is 0 Å². The number of nitrogens with two attached hydrogens (primary N) is 1. The van der Waals surface area contributed by atoms with Gasteiger partial charge in [0.15, 0.2) is 0 Å². The average molecular weight is 239 g/mol. The van der Waals surface area contributed by atoms with Crippen molar-refractivity contribution in [3.05, 3.63) is 12.4 Å². The monoisotopic (exact) mass is 239 g/mol. The number of hydrogen-bond acceptors (Lipinski definition) is 6. The van der Waals surface area contributed by atoms with Gasteiger partial charge in [0.25, 0.3) is 0 Å². The van der Waals surface area contributed by atoms with E-state index in [-0.39, 0.29) is 12.5 Å². The Hall–Kier alpha value is -1.89. The SMILES string of the molecule is COCCNC(=O)CN(C)c1cc(N)ncn1. The van der Waals surface area contributed by atoms with Crippen molar-refractivity contribution in [2.75, 3.05) is 44.5 Å². The summed E-state index contributed by atoms with van der Waals surface area (Å²) in [5, 5.41) is 2.72. The highest BCUT2D eigenvalue weighted by molar-refractivity contribution is 5.80. The van der Waals surface area contributed by atoms with Gasteiger partial charge < -0.3 is 20.7 Å². The molecule has 7 nitrogen and oxygen atoms in total. The van der Waals surface area contributed by atoms with Crippen molar-refractivity contribution in [1.29, 1.82) is 0 Å². The molecule has 0 atom stereocenters. The average Bonchev–Trinajstić information content (AvgIpc) is 2.29. The van der Waals surface area contributed by atoms with E-state index in [0.717, 1.165) is 0 Å². The molecule has 0 aliphatic heterocycles. The minimum Gasteiger partial charge on any atom is -0.384 e. The molecule has 1 heterocycles. The number of rotatable bonds is 6. The smallest absolute Gasteiger partial charge is 0.239 e. The van der Waals surface area contributed by atoms with E-state index in [1.807, 2.05) is 0 Å². The minimum atomic E-state index is -0.0956. The van der Waals surface area contributed by atoms with Crippen molar-refractivity contribution in [2.24, 2.45) is 0 Å². The lowest BCUT2D eigenvalue weighted by atomic mass is 10.4. The van der Waals surface area contributed by atoms with Crippen LogP contribution in [0, 0.1) is 0 Å². The first-order valence-electron chi connectivity index (χ1n) is 5.17. The van der Waals surface area contributed by atoms with Crippen LogP contribution in [0.2, 0.25) is 0 Å². The fraction of sp³-hybridized carbons (Fsp3) is 0.500. The Morgan fingerprint density at radius 3 is 3.00 bits per heavy atom. The van der Waals surface area contributed by atoms with Gasteiger partial charge in [-0.25, -0.2) is 9.97 Å². The lowest BCUT2D eigenvalue weighted by molar-refractivity contribution is -0.119. The lowest BCUT2D eigenvalue weighted by Gasteiger charge is -2.17. The third-order valence-electron chi connectivity index (χ3n) is 2.07. The number of nitrogens with zero attached hydrogens (tertiary/aromatic N) is 3. The molecule has 0 aliphatic rings. The van der Waals surface area contributed by atoms with E-state index in [9.17, 15) is 4.79 Å². The molecular formula is C10H17N5O2. The topological polar surface area (TPSA) is 93.4 Å². The number of carbonyl (C=O) groups excluding carboxylic acids is 1. The van der Waals surface area contributed by atoms with Crippen LogP contribution in [0.25, 0.3) is 0 Å². The van der Waals surface area contributed by atoms with Crippen LogP contribution >= 0.6 is 0 Å². The summed E-state index contributed by atoms with van der Waals surface area (Å²) in [7, 11) is 3.35. The fourth-order valence-corrected chi connectivity index (χ4v) is 1.22. The second-order valence-corrected chi connectivity index (χ2v) is 3.50. The standard InChI is InChI=1S/C10H17N5O2/c1-15(6-10(16)12-3-4-17-2)9-5-8(11)13-7-14-9/h5,7H,3-4,6H2,1-2H3,(H,12,16)(H2,11,13,14). The number of aromatic nitrogens is 2. The molecule has 1 amide bonds. The minimum absolute atomic E-state index is 0.0956. The zero-order valence-electron chi connectivity index (χ0n) is 10.0. The Morgan fingerprint density at radius 2 is 2.35 bits per heavy atom. The van der Waals surface area contributed by atoms with Crippen molar-refractivity contribution in [3.8, 4) is 0 Å². The van der Waals surface area contributed by atoms with Gasteiger partial charge in [-0.15, -0.1) is 0 Å². The van der Waals surface area contributed by atoms with Crippen LogP contribution in [0.15, 0.2) is 12.4 Å². The first-order valence-corrected chi connectivity index (χ1v) is 5.17. The van der Waals surface area contributed by atoms with Crippen LogP contribution in [-0.2, 0) is 9.53 Å².